The van der Waals surface area contributed by atoms with E-state index in [0.29, 0.717) is 25.7 Å². The van der Waals surface area contributed by atoms with Gasteiger partial charge in [0.15, 0.2) is 0 Å². The number of hydrogen-bond acceptors (Lipinski definition) is 3. The Bertz CT molecular complexity index is 193. The van der Waals surface area contributed by atoms with Gasteiger partial charge in [0.2, 0.25) is 0 Å². The van der Waals surface area contributed by atoms with Crippen LogP contribution in [0.3, 0.4) is 0 Å². The van der Waals surface area contributed by atoms with Crippen LogP contribution < -0.4 is 0 Å². The molecule has 82 valence electrons. The van der Waals surface area contributed by atoms with Crippen molar-refractivity contribution < 1.29 is 9.47 Å². The van der Waals surface area contributed by atoms with Gasteiger partial charge in [-0.05, 0) is 6.92 Å². The SMILES string of the molecule is CCOC1(C(=N)N(C)C)CCOCC1. The summed E-state index contributed by atoms with van der Waals surface area (Å²) in [4.78, 5) is 1.82. The minimum Gasteiger partial charge on any atom is -0.381 e. The van der Waals surface area contributed by atoms with E-state index in [9.17, 15) is 0 Å². The Hall–Kier alpha value is -0.610. The molecule has 4 nitrogen and oxygen atoms in total. The molecule has 0 spiro atoms. The van der Waals surface area contributed by atoms with Gasteiger partial charge in [-0.1, -0.05) is 0 Å². The van der Waals surface area contributed by atoms with E-state index in [4.69, 9.17) is 14.9 Å². The van der Waals surface area contributed by atoms with Crippen LogP contribution in [0.4, 0.5) is 0 Å². The van der Waals surface area contributed by atoms with Crippen molar-refractivity contribution in [2.75, 3.05) is 33.9 Å². The molecule has 1 N–H and O–H groups in total. The van der Waals surface area contributed by atoms with E-state index in [2.05, 4.69) is 0 Å². The lowest BCUT2D eigenvalue weighted by Gasteiger charge is -2.39. The Morgan fingerprint density at radius 3 is 2.43 bits per heavy atom. The third kappa shape index (κ3) is 2.25. The molecule has 0 amide bonds. The first-order valence-electron chi connectivity index (χ1n) is 5.10. The molecule has 0 aromatic carbocycles. The molecular formula is C10H20N2O2. The van der Waals surface area contributed by atoms with E-state index in [1.807, 2.05) is 25.9 Å². The van der Waals surface area contributed by atoms with Crippen molar-refractivity contribution in [1.29, 1.82) is 5.41 Å². The summed E-state index contributed by atoms with van der Waals surface area (Å²) in [7, 11) is 3.77. The molecule has 4 heteroatoms. The number of amidine groups is 1. The molecule has 1 fully saturated rings. The summed E-state index contributed by atoms with van der Waals surface area (Å²) in [5.74, 6) is 0.558. The van der Waals surface area contributed by atoms with Gasteiger partial charge in [0.1, 0.15) is 11.4 Å². The highest BCUT2D eigenvalue weighted by molar-refractivity contribution is 5.87. The third-order valence-corrected chi connectivity index (χ3v) is 2.60. The predicted octanol–water partition coefficient (Wildman–Crippen LogP) is 1.11. The van der Waals surface area contributed by atoms with Crippen molar-refractivity contribution in [3.63, 3.8) is 0 Å². The Morgan fingerprint density at radius 2 is 2.00 bits per heavy atom. The van der Waals surface area contributed by atoms with Gasteiger partial charge in [-0.15, -0.1) is 0 Å². The highest BCUT2D eigenvalue weighted by atomic mass is 16.5. The van der Waals surface area contributed by atoms with E-state index in [1.54, 1.807) is 0 Å². The Labute approximate surface area is 85.7 Å². The van der Waals surface area contributed by atoms with Crippen LogP contribution in [0.15, 0.2) is 0 Å². The lowest BCUT2D eigenvalue weighted by atomic mass is 9.92. The number of ether oxygens (including phenoxy) is 2. The van der Waals surface area contributed by atoms with Gasteiger partial charge in [0.25, 0.3) is 0 Å². The minimum absolute atomic E-state index is 0.406. The van der Waals surface area contributed by atoms with Crippen LogP contribution in [-0.4, -0.2) is 50.3 Å². The van der Waals surface area contributed by atoms with Gasteiger partial charge < -0.3 is 14.4 Å². The van der Waals surface area contributed by atoms with Gasteiger partial charge in [0.05, 0.1) is 0 Å². The summed E-state index contributed by atoms with van der Waals surface area (Å²) >= 11 is 0. The first kappa shape index (κ1) is 11.5. The molecule has 1 aliphatic heterocycles. The highest BCUT2D eigenvalue weighted by Crippen LogP contribution is 2.27. The van der Waals surface area contributed by atoms with E-state index in [0.717, 1.165) is 12.8 Å². The number of rotatable bonds is 3. The fourth-order valence-corrected chi connectivity index (χ4v) is 1.83. The van der Waals surface area contributed by atoms with Crippen LogP contribution in [0.25, 0.3) is 0 Å². The largest absolute Gasteiger partial charge is 0.381 e. The molecule has 0 aromatic rings. The molecule has 1 heterocycles. The summed E-state index contributed by atoms with van der Waals surface area (Å²) in [5.41, 5.74) is -0.406. The standard InChI is InChI=1S/C10H20N2O2/c1-4-14-10(9(11)12(2)3)5-7-13-8-6-10/h11H,4-8H2,1-3H3. The molecule has 0 radical (unpaired) electrons. The fraction of sp³-hybridized carbons (Fsp3) is 0.900. The Kier molecular flexibility index (Phi) is 3.89. The predicted molar refractivity (Wildman–Crippen MR) is 55.8 cm³/mol. The average molecular weight is 200 g/mol. The van der Waals surface area contributed by atoms with Crippen LogP contribution in [-0.2, 0) is 9.47 Å². The van der Waals surface area contributed by atoms with Crippen LogP contribution >= 0.6 is 0 Å². The van der Waals surface area contributed by atoms with Gasteiger partial charge in [-0.2, -0.15) is 0 Å². The van der Waals surface area contributed by atoms with Crippen molar-refractivity contribution in [1.82, 2.24) is 4.90 Å². The summed E-state index contributed by atoms with van der Waals surface area (Å²) in [6.07, 6.45) is 1.58. The maximum Gasteiger partial charge on any atom is 0.129 e. The maximum absolute atomic E-state index is 8.03. The first-order valence-corrected chi connectivity index (χ1v) is 5.10. The summed E-state index contributed by atoms with van der Waals surface area (Å²) < 4.78 is 11.1. The van der Waals surface area contributed by atoms with Gasteiger partial charge in [-0.25, -0.2) is 0 Å². The van der Waals surface area contributed by atoms with E-state index in [-0.39, 0.29) is 0 Å². The maximum atomic E-state index is 8.03. The molecule has 1 saturated heterocycles. The zero-order chi connectivity index (χ0) is 10.6. The lowest BCUT2D eigenvalue weighted by Crippen LogP contribution is -2.51. The number of likely N-dealkylation sites (N-methyl/N-ethyl adjacent to an activating group) is 1. The second-order valence-electron chi connectivity index (χ2n) is 3.78. The van der Waals surface area contributed by atoms with Crippen LogP contribution in [0, 0.1) is 5.41 Å². The van der Waals surface area contributed by atoms with Crippen molar-refractivity contribution in [2.45, 2.75) is 25.4 Å². The number of hydrogen-bond donors (Lipinski definition) is 1. The molecule has 0 unspecified atom stereocenters. The summed E-state index contributed by atoms with van der Waals surface area (Å²) in [6, 6.07) is 0. The Morgan fingerprint density at radius 1 is 1.43 bits per heavy atom. The fourth-order valence-electron chi connectivity index (χ4n) is 1.83. The lowest BCUT2D eigenvalue weighted by molar-refractivity contribution is -0.0691. The van der Waals surface area contributed by atoms with E-state index >= 15 is 0 Å². The smallest absolute Gasteiger partial charge is 0.129 e. The van der Waals surface area contributed by atoms with Gasteiger partial charge in [-0.3, -0.25) is 5.41 Å². The zero-order valence-corrected chi connectivity index (χ0v) is 9.30. The van der Waals surface area contributed by atoms with Crippen molar-refractivity contribution >= 4 is 5.84 Å². The second-order valence-corrected chi connectivity index (χ2v) is 3.78. The second kappa shape index (κ2) is 4.75. The summed E-state index contributed by atoms with van der Waals surface area (Å²) in [6.45, 7) is 4.00. The average Bonchev–Trinajstić information content (AvgIpc) is 2.18. The molecule has 14 heavy (non-hydrogen) atoms. The van der Waals surface area contributed by atoms with Crippen LogP contribution in [0.2, 0.25) is 0 Å². The van der Waals surface area contributed by atoms with Crippen molar-refractivity contribution in [3.05, 3.63) is 0 Å². The van der Waals surface area contributed by atoms with E-state index in [1.165, 1.54) is 0 Å². The molecule has 0 aromatic heterocycles. The van der Waals surface area contributed by atoms with Gasteiger partial charge in [0, 0.05) is 46.8 Å². The van der Waals surface area contributed by atoms with Crippen LogP contribution in [0.5, 0.6) is 0 Å². The van der Waals surface area contributed by atoms with Crippen LogP contribution in [0.1, 0.15) is 19.8 Å². The highest BCUT2D eigenvalue weighted by Gasteiger charge is 2.38. The monoisotopic (exact) mass is 200 g/mol. The topological polar surface area (TPSA) is 45.5 Å². The molecule has 0 saturated carbocycles. The summed E-state index contributed by atoms with van der Waals surface area (Å²) in [5, 5.41) is 8.03. The van der Waals surface area contributed by atoms with Crippen molar-refractivity contribution in [2.24, 2.45) is 0 Å². The molecule has 0 atom stereocenters. The van der Waals surface area contributed by atoms with Crippen molar-refractivity contribution in [3.8, 4) is 0 Å². The molecule has 0 aliphatic carbocycles. The molecule has 1 aliphatic rings. The third-order valence-electron chi connectivity index (χ3n) is 2.60. The molecule has 1 rings (SSSR count). The zero-order valence-electron chi connectivity index (χ0n) is 9.30. The first-order chi connectivity index (χ1) is 6.62. The Balaban J connectivity index is 2.74. The molecule has 0 bridgehead atoms. The molecular weight excluding hydrogens is 180 g/mol. The number of nitrogens with one attached hydrogen (secondary N) is 1. The normalized spacial score (nSPS) is 20.5. The quantitative estimate of drug-likeness (QED) is 0.548. The number of nitrogens with zero attached hydrogens (tertiary/aromatic N) is 1. The van der Waals surface area contributed by atoms with E-state index < -0.39 is 5.60 Å². The van der Waals surface area contributed by atoms with Gasteiger partial charge >= 0.3 is 0 Å². The minimum atomic E-state index is -0.406.